The Morgan fingerprint density at radius 1 is 1.44 bits per heavy atom. The van der Waals surface area contributed by atoms with Gasteiger partial charge in [0.25, 0.3) is 0 Å². The van der Waals surface area contributed by atoms with Gasteiger partial charge in [0.1, 0.15) is 5.69 Å². The lowest BCUT2D eigenvalue weighted by molar-refractivity contribution is 0.0691. The molecule has 6 heteroatoms. The summed E-state index contributed by atoms with van der Waals surface area (Å²) in [6.07, 6.45) is 0.861. The van der Waals surface area contributed by atoms with Gasteiger partial charge in [-0.2, -0.15) is 0 Å². The van der Waals surface area contributed by atoms with E-state index < -0.39 is 5.97 Å². The fraction of sp³-hybridized carbons (Fsp3) is 0.250. The van der Waals surface area contributed by atoms with E-state index in [-0.39, 0.29) is 5.69 Å². The molecule has 0 atom stereocenters. The van der Waals surface area contributed by atoms with Crippen LogP contribution < -0.4 is 0 Å². The minimum absolute atomic E-state index is 0.0182. The molecule has 0 saturated heterocycles. The molecule has 0 aliphatic carbocycles. The van der Waals surface area contributed by atoms with Crippen molar-refractivity contribution in [3.05, 3.63) is 34.4 Å². The van der Waals surface area contributed by atoms with E-state index in [4.69, 9.17) is 5.11 Å². The highest BCUT2D eigenvalue weighted by Crippen LogP contribution is 2.29. The van der Waals surface area contributed by atoms with Crippen molar-refractivity contribution in [2.75, 3.05) is 0 Å². The summed E-state index contributed by atoms with van der Waals surface area (Å²) in [5.41, 5.74) is 1.31. The van der Waals surface area contributed by atoms with E-state index in [9.17, 15) is 4.79 Å². The van der Waals surface area contributed by atoms with Crippen LogP contribution >= 0.6 is 15.9 Å². The fourth-order valence-electron chi connectivity index (χ4n) is 1.75. The summed E-state index contributed by atoms with van der Waals surface area (Å²) in [6, 6.07) is 7.45. The first-order chi connectivity index (χ1) is 8.65. The van der Waals surface area contributed by atoms with E-state index in [0.29, 0.717) is 12.2 Å². The molecule has 0 spiro atoms. The number of hydrogen-bond donors (Lipinski definition) is 1. The number of halogens is 1. The van der Waals surface area contributed by atoms with E-state index in [1.54, 1.807) is 4.68 Å². The van der Waals surface area contributed by atoms with Crippen molar-refractivity contribution in [1.29, 1.82) is 0 Å². The second-order valence-electron chi connectivity index (χ2n) is 3.79. The van der Waals surface area contributed by atoms with E-state index in [1.165, 1.54) is 0 Å². The Balaban J connectivity index is 2.63. The number of carbonyl (C=O) groups is 1. The number of rotatable bonds is 4. The van der Waals surface area contributed by atoms with E-state index >= 15 is 0 Å². The van der Waals surface area contributed by atoms with Gasteiger partial charge in [0.05, 0.1) is 0 Å². The molecular formula is C12H12BrN3O2. The largest absolute Gasteiger partial charge is 0.476 e. The van der Waals surface area contributed by atoms with Gasteiger partial charge in [-0.25, -0.2) is 9.48 Å². The molecule has 94 valence electrons. The molecule has 2 aromatic rings. The third-order valence-corrected chi connectivity index (χ3v) is 3.19. The van der Waals surface area contributed by atoms with Gasteiger partial charge < -0.3 is 5.11 Å². The molecule has 1 aromatic heterocycles. The van der Waals surface area contributed by atoms with E-state index in [0.717, 1.165) is 16.5 Å². The Hall–Kier alpha value is -1.69. The molecule has 0 aliphatic rings. The Kier molecular flexibility index (Phi) is 3.76. The number of aromatic carboxylic acids is 1. The predicted molar refractivity (Wildman–Crippen MR) is 70.4 cm³/mol. The van der Waals surface area contributed by atoms with E-state index in [1.807, 2.05) is 31.2 Å². The van der Waals surface area contributed by atoms with Gasteiger partial charge in [-0.05, 0) is 12.5 Å². The van der Waals surface area contributed by atoms with Crippen molar-refractivity contribution < 1.29 is 9.90 Å². The summed E-state index contributed by atoms with van der Waals surface area (Å²) in [5, 5.41) is 16.8. The molecule has 0 bridgehead atoms. The van der Waals surface area contributed by atoms with Crippen LogP contribution in [0.15, 0.2) is 28.7 Å². The lowest BCUT2D eigenvalue weighted by Gasteiger charge is -2.07. The molecular weight excluding hydrogens is 298 g/mol. The van der Waals surface area contributed by atoms with Crippen molar-refractivity contribution in [3.63, 3.8) is 0 Å². The molecule has 0 fully saturated rings. The lowest BCUT2D eigenvalue weighted by atomic mass is 10.1. The monoisotopic (exact) mass is 309 g/mol. The zero-order valence-corrected chi connectivity index (χ0v) is 11.4. The minimum Gasteiger partial charge on any atom is -0.476 e. The van der Waals surface area contributed by atoms with Crippen molar-refractivity contribution in [1.82, 2.24) is 15.0 Å². The van der Waals surface area contributed by atoms with Gasteiger partial charge in [-0.1, -0.05) is 46.3 Å². The fourth-order valence-corrected chi connectivity index (χ4v) is 2.22. The van der Waals surface area contributed by atoms with Gasteiger partial charge in [0.2, 0.25) is 0 Å². The van der Waals surface area contributed by atoms with Gasteiger partial charge in [0.15, 0.2) is 5.69 Å². The second-order valence-corrected chi connectivity index (χ2v) is 4.65. The number of aryl methyl sites for hydroxylation is 1. The summed E-state index contributed by atoms with van der Waals surface area (Å²) < 4.78 is 2.45. The van der Waals surface area contributed by atoms with Crippen molar-refractivity contribution in [2.24, 2.45) is 0 Å². The van der Waals surface area contributed by atoms with Crippen molar-refractivity contribution in [2.45, 2.75) is 19.9 Å². The standard InChI is InChI=1S/C12H12BrN3O2/c1-2-7-16-11(10(12(17)18)14-15-16)8-5-3-4-6-9(8)13/h3-6H,2,7H2,1H3,(H,17,18). The molecule has 18 heavy (non-hydrogen) atoms. The Bertz CT molecular complexity index is 580. The molecule has 0 unspecified atom stereocenters. The molecule has 0 aliphatic heterocycles. The van der Waals surface area contributed by atoms with Crippen LogP contribution in [0.1, 0.15) is 23.8 Å². The molecule has 5 nitrogen and oxygen atoms in total. The average molecular weight is 310 g/mol. The topological polar surface area (TPSA) is 68.0 Å². The number of aromatic nitrogens is 3. The molecule has 1 heterocycles. The molecule has 1 aromatic carbocycles. The smallest absolute Gasteiger partial charge is 0.358 e. The lowest BCUT2D eigenvalue weighted by Crippen LogP contribution is -2.05. The van der Waals surface area contributed by atoms with Crippen LogP contribution in [0.5, 0.6) is 0 Å². The zero-order chi connectivity index (χ0) is 13.1. The molecule has 1 N–H and O–H groups in total. The number of benzene rings is 1. The second kappa shape index (κ2) is 5.30. The van der Waals surface area contributed by atoms with Crippen LogP contribution in [-0.2, 0) is 6.54 Å². The molecule has 0 amide bonds. The van der Waals surface area contributed by atoms with Crippen molar-refractivity contribution in [3.8, 4) is 11.3 Å². The predicted octanol–water partition coefficient (Wildman–Crippen LogP) is 2.82. The summed E-state index contributed by atoms with van der Waals surface area (Å²) >= 11 is 3.42. The van der Waals surface area contributed by atoms with Crippen LogP contribution in [0.4, 0.5) is 0 Å². The number of hydrogen-bond acceptors (Lipinski definition) is 3. The van der Waals surface area contributed by atoms with Crippen molar-refractivity contribution >= 4 is 21.9 Å². The number of carboxylic acid groups (broad SMARTS) is 1. The zero-order valence-electron chi connectivity index (χ0n) is 9.80. The third kappa shape index (κ3) is 2.28. The van der Waals surface area contributed by atoms with E-state index in [2.05, 4.69) is 26.2 Å². The summed E-state index contributed by atoms with van der Waals surface area (Å²) in [5.74, 6) is -1.07. The molecule has 0 radical (unpaired) electrons. The molecule has 2 rings (SSSR count). The van der Waals surface area contributed by atoms with Crippen LogP contribution in [0.25, 0.3) is 11.3 Å². The first-order valence-corrected chi connectivity index (χ1v) is 6.36. The first-order valence-electron chi connectivity index (χ1n) is 5.56. The van der Waals surface area contributed by atoms with Gasteiger partial charge >= 0.3 is 5.97 Å². The highest BCUT2D eigenvalue weighted by molar-refractivity contribution is 9.10. The average Bonchev–Trinajstić information content (AvgIpc) is 2.74. The Morgan fingerprint density at radius 3 is 2.78 bits per heavy atom. The number of carboxylic acids is 1. The quantitative estimate of drug-likeness (QED) is 0.943. The molecule has 0 saturated carbocycles. The third-order valence-electron chi connectivity index (χ3n) is 2.50. The summed E-state index contributed by atoms with van der Waals surface area (Å²) in [4.78, 5) is 11.2. The first kappa shape index (κ1) is 12.8. The van der Waals surface area contributed by atoms with Crippen LogP contribution in [0.3, 0.4) is 0 Å². The normalized spacial score (nSPS) is 10.6. The van der Waals surface area contributed by atoms with Gasteiger partial charge in [0, 0.05) is 16.6 Å². The maximum atomic E-state index is 11.2. The van der Waals surface area contributed by atoms with Gasteiger partial charge in [-0.3, -0.25) is 0 Å². The van der Waals surface area contributed by atoms with Crippen LogP contribution in [-0.4, -0.2) is 26.1 Å². The number of nitrogens with zero attached hydrogens (tertiary/aromatic N) is 3. The summed E-state index contributed by atoms with van der Waals surface area (Å²) in [6.45, 7) is 2.64. The maximum absolute atomic E-state index is 11.2. The maximum Gasteiger partial charge on any atom is 0.358 e. The van der Waals surface area contributed by atoms with Crippen LogP contribution in [0, 0.1) is 0 Å². The van der Waals surface area contributed by atoms with Crippen LogP contribution in [0.2, 0.25) is 0 Å². The highest BCUT2D eigenvalue weighted by atomic mass is 79.9. The summed E-state index contributed by atoms with van der Waals surface area (Å²) in [7, 11) is 0. The highest BCUT2D eigenvalue weighted by Gasteiger charge is 2.21. The van der Waals surface area contributed by atoms with Gasteiger partial charge in [-0.15, -0.1) is 5.10 Å². The SMILES string of the molecule is CCCn1nnc(C(=O)O)c1-c1ccccc1Br. The minimum atomic E-state index is -1.07. The Morgan fingerprint density at radius 2 is 2.17 bits per heavy atom. The Labute approximate surface area is 113 Å².